The van der Waals surface area contributed by atoms with Crippen molar-refractivity contribution in [3.8, 4) is 0 Å². The molecule has 0 fully saturated rings. The van der Waals surface area contributed by atoms with E-state index in [0.717, 1.165) is 20.1 Å². The summed E-state index contributed by atoms with van der Waals surface area (Å²) in [6.07, 6.45) is 1.79. The van der Waals surface area contributed by atoms with Gasteiger partial charge in [-0.15, -0.1) is 10.2 Å². The Morgan fingerprint density at radius 3 is 2.60 bits per heavy atom. The predicted octanol–water partition coefficient (Wildman–Crippen LogP) is 4.62. The summed E-state index contributed by atoms with van der Waals surface area (Å²) in [7, 11) is 2.03. The van der Waals surface area contributed by atoms with Crippen LogP contribution in [-0.4, -0.2) is 34.5 Å². The highest BCUT2D eigenvalue weighted by Gasteiger charge is 2.38. The van der Waals surface area contributed by atoms with Gasteiger partial charge in [-0.3, -0.25) is 4.79 Å². The summed E-state index contributed by atoms with van der Waals surface area (Å²) in [6, 6.07) is 8.33. The number of nitrogens with zero attached hydrogens (tertiary/aromatic N) is 3. The van der Waals surface area contributed by atoms with Crippen molar-refractivity contribution in [3.05, 3.63) is 41.6 Å². The molecule has 2 heterocycles. The Hall–Kier alpha value is -1.31. The molecular weight excluding hydrogens is 370 g/mol. The summed E-state index contributed by atoms with van der Waals surface area (Å²) >= 11 is 4.69. The van der Waals surface area contributed by atoms with Gasteiger partial charge in [0.1, 0.15) is 0 Å². The Labute approximate surface area is 161 Å². The summed E-state index contributed by atoms with van der Waals surface area (Å²) in [5, 5.41) is 8.27. The first-order valence-electron chi connectivity index (χ1n) is 8.10. The van der Waals surface area contributed by atoms with E-state index in [2.05, 4.69) is 54.1 Å². The van der Waals surface area contributed by atoms with Gasteiger partial charge in [-0.05, 0) is 17.4 Å². The van der Waals surface area contributed by atoms with Crippen LogP contribution in [0.2, 0.25) is 0 Å². The molecule has 1 aromatic heterocycles. The Morgan fingerprint density at radius 2 is 1.92 bits per heavy atom. The number of rotatable bonds is 6. The van der Waals surface area contributed by atoms with Gasteiger partial charge in [0.15, 0.2) is 14.5 Å². The second-order valence-electron chi connectivity index (χ2n) is 6.25. The van der Waals surface area contributed by atoms with E-state index in [-0.39, 0.29) is 11.2 Å². The molecule has 0 aliphatic carbocycles. The number of carbonyl (C=O) groups excluding carboxylic acids is 1. The highest BCUT2D eigenvalue weighted by molar-refractivity contribution is 8.03. The maximum absolute atomic E-state index is 12.5. The SMILES string of the molecule is CCSc1nnc(SCC(=O)/C=C2\N(C)c3ccccc3C2(C)C)s1. The van der Waals surface area contributed by atoms with Crippen LogP contribution in [-0.2, 0) is 10.2 Å². The fourth-order valence-electron chi connectivity index (χ4n) is 3.02. The average Bonchev–Trinajstić information content (AvgIpc) is 3.11. The minimum atomic E-state index is -0.167. The van der Waals surface area contributed by atoms with Crippen LogP contribution in [0.25, 0.3) is 0 Å². The van der Waals surface area contributed by atoms with Crippen LogP contribution in [0.5, 0.6) is 0 Å². The highest BCUT2D eigenvalue weighted by Crippen LogP contribution is 2.46. The van der Waals surface area contributed by atoms with Crippen LogP contribution >= 0.6 is 34.9 Å². The topological polar surface area (TPSA) is 46.1 Å². The van der Waals surface area contributed by atoms with Crippen LogP contribution in [0.15, 0.2) is 44.7 Å². The quantitative estimate of drug-likeness (QED) is 0.529. The Kier molecular flexibility index (Phi) is 5.55. The zero-order valence-electron chi connectivity index (χ0n) is 14.8. The number of hydrogen-bond donors (Lipinski definition) is 0. The zero-order valence-corrected chi connectivity index (χ0v) is 17.2. The number of ketones is 1. The zero-order chi connectivity index (χ0) is 18.0. The number of para-hydroxylation sites is 1. The maximum Gasteiger partial charge on any atom is 0.175 e. The summed E-state index contributed by atoms with van der Waals surface area (Å²) in [5.74, 6) is 1.47. The van der Waals surface area contributed by atoms with Crippen molar-refractivity contribution in [2.24, 2.45) is 0 Å². The summed E-state index contributed by atoms with van der Waals surface area (Å²) in [4.78, 5) is 14.6. The molecule has 132 valence electrons. The van der Waals surface area contributed by atoms with Gasteiger partial charge in [0.2, 0.25) is 0 Å². The fourth-order valence-corrected chi connectivity index (χ4v) is 5.76. The average molecular weight is 392 g/mol. The van der Waals surface area contributed by atoms with Crippen molar-refractivity contribution in [2.45, 2.75) is 34.9 Å². The standard InChI is InChI=1S/C18H21N3OS3/c1-5-23-16-19-20-17(25-16)24-11-12(22)10-15-18(2,3)13-8-6-7-9-14(13)21(15)4/h6-10H,5,11H2,1-4H3/b15-10-. The lowest BCUT2D eigenvalue weighted by molar-refractivity contribution is -0.112. The lowest BCUT2D eigenvalue weighted by Gasteiger charge is -2.23. The molecule has 0 saturated heterocycles. The molecule has 0 N–H and O–H groups in total. The van der Waals surface area contributed by atoms with Crippen LogP contribution in [0.1, 0.15) is 26.3 Å². The number of fused-ring (bicyclic) bond motifs is 1. The molecule has 0 unspecified atom stereocenters. The number of allylic oxidation sites excluding steroid dienone is 2. The maximum atomic E-state index is 12.5. The van der Waals surface area contributed by atoms with Gasteiger partial charge >= 0.3 is 0 Å². The van der Waals surface area contributed by atoms with Gasteiger partial charge in [0, 0.05) is 29.9 Å². The molecule has 2 aromatic rings. The fraction of sp³-hybridized carbons (Fsp3) is 0.389. The van der Waals surface area contributed by atoms with E-state index in [0.29, 0.717) is 5.75 Å². The minimum absolute atomic E-state index is 0.104. The van der Waals surface area contributed by atoms with E-state index in [1.807, 2.05) is 13.1 Å². The van der Waals surface area contributed by atoms with E-state index in [1.165, 1.54) is 23.0 Å². The van der Waals surface area contributed by atoms with Crippen molar-refractivity contribution in [1.29, 1.82) is 0 Å². The number of aromatic nitrogens is 2. The van der Waals surface area contributed by atoms with Gasteiger partial charge in [0.05, 0.1) is 5.75 Å². The lowest BCUT2D eigenvalue weighted by Crippen LogP contribution is -2.24. The first-order chi connectivity index (χ1) is 11.9. The van der Waals surface area contributed by atoms with E-state index >= 15 is 0 Å². The molecule has 3 rings (SSSR count). The van der Waals surface area contributed by atoms with E-state index < -0.39 is 0 Å². The van der Waals surface area contributed by atoms with Gasteiger partial charge in [-0.25, -0.2) is 0 Å². The molecule has 4 nitrogen and oxygen atoms in total. The summed E-state index contributed by atoms with van der Waals surface area (Å²) in [5.41, 5.74) is 3.30. The number of hydrogen-bond acceptors (Lipinski definition) is 7. The molecule has 7 heteroatoms. The van der Waals surface area contributed by atoms with Crippen LogP contribution < -0.4 is 4.90 Å². The third-order valence-electron chi connectivity index (χ3n) is 4.23. The Morgan fingerprint density at radius 1 is 1.24 bits per heavy atom. The van der Waals surface area contributed by atoms with E-state index in [4.69, 9.17) is 0 Å². The van der Waals surface area contributed by atoms with Gasteiger partial charge in [-0.1, -0.05) is 73.8 Å². The van der Waals surface area contributed by atoms with Crippen molar-refractivity contribution in [3.63, 3.8) is 0 Å². The van der Waals surface area contributed by atoms with Crippen molar-refractivity contribution < 1.29 is 4.79 Å². The van der Waals surface area contributed by atoms with Crippen LogP contribution in [0.3, 0.4) is 0 Å². The molecule has 0 radical (unpaired) electrons. The second kappa shape index (κ2) is 7.51. The third kappa shape index (κ3) is 3.78. The number of carbonyl (C=O) groups is 1. The Bertz CT molecular complexity index is 813. The number of thioether (sulfide) groups is 2. The third-order valence-corrected chi connectivity index (χ3v) is 7.33. The number of likely N-dealkylation sites (N-methyl/N-ethyl adjacent to an activating group) is 1. The predicted molar refractivity (Wildman–Crippen MR) is 108 cm³/mol. The molecule has 0 atom stereocenters. The monoisotopic (exact) mass is 391 g/mol. The minimum Gasteiger partial charge on any atom is -0.347 e. The number of anilines is 1. The normalized spacial score (nSPS) is 17.1. The van der Waals surface area contributed by atoms with Gasteiger partial charge in [0.25, 0.3) is 0 Å². The number of benzene rings is 1. The van der Waals surface area contributed by atoms with Crippen LogP contribution in [0, 0.1) is 0 Å². The van der Waals surface area contributed by atoms with E-state index in [9.17, 15) is 4.79 Å². The first kappa shape index (κ1) is 18.5. The molecule has 0 spiro atoms. The van der Waals surface area contributed by atoms with Crippen molar-refractivity contribution >= 4 is 46.3 Å². The molecule has 1 aliphatic heterocycles. The summed E-state index contributed by atoms with van der Waals surface area (Å²) in [6.45, 7) is 6.42. The van der Waals surface area contributed by atoms with Crippen molar-refractivity contribution in [1.82, 2.24) is 10.2 Å². The lowest BCUT2D eigenvalue weighted by atomic mass is 9.83. The molecular formula is C18H21N3OS3. The Balaban J connectivity index is 1.71. The molecule has 1 aliphatic rings. The van der Waals surface area contributed by atoms with Gasteiger partial charge < -0.3 is 4.90 Å². The molecule has 1 aromatic carbocycles. The van der Waals surface area contributed by atoms with E-state index in [1.54, 1.807) is 29.2 Å². The molecule has 0 saturated carbocycles. The second-order valence-corrected chi connectivity index (χ2v) is 9.96. The highest BCUT2D eigenvalue weighted by atomic mass is 32.2. The first-order valence-corrected chi connectivity index (χ1v) is 10.9. The largest absolute Gasteiger partial charge is 0.347 e. The van der Waals surface area contributed by atoms with Crippen LogP contribution in [0.4, 0.5) is 5.69 Å². The molecule has 0 amide bonds. The smallest absolute Gasteiger partial charge is 0.175 e. The van der Waals surface area contributed by atoms with Gasteiger partial charge in [-0.2, -0.15) is 0 Å². The molecule has 0 bridgehead atoms. The molecule has 25 heavy (non-hydrogen) atoms. The van der Waals surface area contributed by atoms with Crippen molar-refractivity contribution in [2.75, 3.05) is 23.5 Å². The summed E-state index contributed by atoms with van der Waals surface area (Å²) < 4.78 is 1.81.